The molecule has 2 aliphatic rings. The molecule has 0 aromatic heterocycles. The topological polar surface area (TPSA) is 83.1 Å². The summed E-state index contributed by atoms with van der Waals surface area (Å²) < 4.78 is 11.1. The van der Waals surface area contributed by atoms with Crippen LogP contribution in [0.15, 0.2) is 18.2 Å². The highest BCUT2D eigenvalue weighted by Crippen LogP contribution is 2.33. The van der Waals surface area contributed by atoms with Crippen molar-refractivity contribution in [2.45, 2.75) is 25.0 Å². The van der Waals surface area contributed by atoms with Gasteiger partial charge in [0.15, 0.2) is 11.5 Å². The average molecular weight is 335 g/mol. The Morgan fingerprint density at radius 3 is 2.67 bits per heavy atom. The summed E-state index contributed by atoms with van der Waals surface area (Å²) in [5, 5.41) is 16.2. The van der Waals surface area contributed by atoms with Crippen LogP contribution in [0, 0.1) is 0 Å². The number of aliphatic hydroxyl groups excluding tert-OH is 1. The van der Waals surface area contributed by atoms with Gasteiger partial charge in [-0.15, -0.1) is 0 Å². The van der Waals surface area contributed by atoms with Crippen LogP contribution < -0.4 is 20.1 Å². The lowest BCUT2D eigenvalue weighted by Gasteiger charge is -2.29. The number of aliphatic hydroxyl groups is 1. The molecule has 2 aliphatic heterocycles. The molecule has 24 heavy (non-hydrogen) atoms. The summed E-state index contributed by atoms with van der Waals surface area (Å²) in [4.78, 5) is 14.0. The number of hydrogen-bond donors (Lipinski definition) is 3. The van der Waals surface area contributed by atoms with Crippen LogP contribution >= 0.6 is 0 Å². The number of amides is 2. The summed E-state index contributed by atoms with van der Waals surface area (Å²) in [6.45, 7) is 3.65. The zero-order chi connectivity index (χ0) is 16.9. The fourth-order valence-corrected chi connectivity index (χ4v) is 3.18. The standard InChI is InChI=1S/C17H25N3O4/c1-18-17(22)19-13(11-20-6-2-3-7-20)16(21)12-4-5-14-15(10-12)24-9-8-23-14/h4-5,10,13,16,21H,2-3,6-9,11H2,1H3,(H2,18,19,22). The molecule has 3 rings (SSSR count). The third-order valence-corrected chi connectivity index (χ3v) is 4.49. The van der Waals surface area contributed by atoms with Crippen molar-refractivity contribution in [2.24, 2.45) is 0 Å². The number of likely N-dealkylation sites (tertiary alicyclic amines) is 1. The zero-order valence-corrected chi connectivity index (χ0v) is 14.0. The number of carbonyl (C=O) groups excluding carboxylic acids is 1. The van der Waals surface area contributed by atoms with Gasteiger partial charge in [0.05, 0.1) is 6.04 Å². The van der Waals surface area contributed by atoms with Crippen LogP contribution in [-0.4, -0.2) is 62.0 Å². The quantitative estimate of drug-likeness (QED) is 0.744. The molecule has 0 bridgehead atoms. The molecule has 0 spiro atoms. The van der Waals surface area contributed by atoms with Crippen molar-refractivity contribution in [1.29, 1.82) is 0 Å². The number of hydrogen-bond acceptors (Lipinski definition) is 5. The van der Waals surface area contributed by atoms with Crippen molar-refractivity contribution in [2.75, 3.05) is 39.9 Å². The summed E-state index contributed by atoms with van der Waals surface area (Å²) in [6.07, 6.45) is 1.50. The van der Waals surface area contributed by atoms with Crippen LogP contribution in [0.1, 0.15) is 24.5 Å². The summed E-state index contributed by atoms with van der Waals surface area (Å²) in [6, 6.07) is 4.73. The van der Waals surface area contributed by atoms with E-state index in [1.807, 2.05) is 6.07 Å². The van der Waals surface area contributed by atoms with Gasteiger partial charge in [0, 0.05) is 13.6 Å². The highest BCUT2D eigenvalue weighted by Gasteiger charge is 2.27. The first-order valence-corrected chi connectivity index (χ1v) is 8.45. The van der Waals surface area contributed by atoms with Gasteiger partial charge in [-0.1, -0.05) is 6.07 Å². The van der Waals surface area contributed by atoms with Gasteiger partial charge in [-0.3, -0.25) is 0 Å². The van der Waals surface area contributed by atoms with Crippen LogP contribution in [0.3, 0.4) is 0 Å². The SMILES string of the molecule is CNC(=O)NC(CN1CCCC1)C(O)c1ccc2c(c1)OCCO2. The Labute approximate surface area is 141 Å². The van der Waals surface area contributed by atoms with E-state index in [0.717, 1.165) is 25.9 Å². The zero-order valence-electron chi connectivity index (χ0n) is 14.0. The van der Waals surface area contributed by atoms with Crippen molar-refractivity contribution in [3.8, 4) is 11.5 Å². The van der Waals surface area contributed by atoms with Crippen LogP contribution in [-0.2, 0) is 0 Å². The maximum Gasteiger partial charge on any atom is 0.314 e. The Bertz CT molecular complexity index is 575. The Morgan fingerprint density at radius 2 is 1.96 bits per heavy atom. The molecular formula is C17H25N3O4. The Hall–Kier alpha value is -1.99. The molecule has 1 fully saturated rings. The summed E-state index contributed by atoms with van der Waals surface area (Å²) in [7, 11) is 1.57. The highest BCUT2D eigenvalue weighted by atomic mass is 16.6. The first-order chi connectivity index (χ1) is 11.7. The molecule has 132 valence electrons. The predicted molar refractivity (Wildman–Crippen MR) is 89.4 cm³/mol. The second kappa shape index (κ2) is 7.72. The Morgan fingerprint density at radius 1 is 1.25 bits per heavy atom. The molecule has 2 amide bonds. The van der Waals surface area contributed by atoms with E-state index in [2.05, 4.69) is 15.5 Å². The van der Waals surface area contributed by atoms with Gasteiger partial charge >= 0.3 is 6.03 Å². The van der Waals surface area contributed by atoms with Gasteiger partial charge in [-0.05, 0) is 43.6 Å². The minimum atomic E-state index is -0.821. The number of urea groups is 1. The van der Waals surface area contributed by atoms with Crippen LogP contribution in [0.4, 0.5) is 4.79 Å². The molecular weight excluding hydrogens is 310 g/mol. The van der Waals surface area contributed by atoms with E-state index in [1.165, 1.54) is 0 Å². The molecule has 0 saturated carbocycles. The van der Waals surface area contributed by atoms with Gasteiger partial charge in [0.2, 0.25) is 0 Å². The lowest BCUT2D eigenvalue weighted by molar-refractivity contribution is 0.108. The van der Waals surface area contributed by atoms with Crippen molar-refractivity contribution in [3.63, 3.8) is 0 Å². The first kappa shape index (κ1) is 16.9. The van der Waals surface area contributed by atoms with Gasteiger partial charge < -0.3 is 30.1 Å². The number of benzene rings is 1. The van der Waals surface area contributed by atoms with Crippen molar-refractivity contribution < 1.29 is 19.4 Å². The monoisotopic (exact) mass is 335 g/mol. The fourth-order valence-electron chi connectivity index (χ4n) is 3.18. The predicted octanol–water partition coefficient (Wildman–Crippen LogP) is 0.885. The molecule has 1 aromatic rings. The molecule has 2 atom stereocenters. The molecule has 7 heteroatoms. The lowest BCUT2D eigenvalue weighted by atomic mass is 10.0. The van der Waals surface area contributed by atoms with Gasteiger partial charge in [-0.25, -0.2) is 4.79 Å². The first-order valence-electron chi connectivity index (χ1n) is 8.45. The molecule has 0 aliphatic carbocycles. The normalized spacial score (nSPS) is 19.6. The van der Waals surface area contributed by atoms with Gasteiger partial charge in [0.1, 0.15) is 19.3 Å². The highest BCUT2D eigenvalue weighted by molar-refractivity contribution is 5.74. The largest absolute Gasteiger partial charge is 0.486 e. The molecule has 2 unspecified atom stereocenters. The van der Waals surface area contributed by atoms with E-state index in [0.29, 0.717) is 36.8 Å². The number of ether oxygens (including phenoxy) is 2. The molecule has 3 N–H and O–H groups in total. The third kappa shape index (κ3) is 3.91. The molecule has 1 saturated heterocycles. The number of rotatable bonds is 5. The second-order valence-corrected chi connectivity index (χ2v) is 6.19. The van der Waals surface area contributed by atoms with Crippen LogP contribution in [0.2, 0.25) is 0 Å². The van der Waals surface area contributed by atoms with Crippen LogP contribution in [0.25, 0.3) is 0 Å². The third-order valence-electron chi connectivity index (χ3n) is 4.49. The Kier molecular flexibility index (Phi) is 5.42. The van der Waals surface area contributed by atoms with Crippen molar-refractivity contribution in [3.05, 3.63) is 23.8 Å². The number of nitrogens with zero attached hydrogens (tertiary/aromatic N) is 1. The van der Waals surface area contributed by atoms with E-state index in [1.54, 1.807) is 19.2 Å². The molecule has 7 nitrogen and oxygen atoms in total. The fraction of sp³-hybridized carbons (Fsp3) is 0.588. The summed E-state index contributed by atoms with van der Waals surface area (Å²) in [5.74, 6) is 1.32. The minimum absolute atomic E-state index is 0.296. The van der Waals surface area contributed by atoms with Gasteiger partial charge in [0.25, 0.3) is 0 Å². The second-order valence-electron chi connectivity index (χ2n) is 6.19. The average Bonchev–Trinajstić information content (AvgIpc) is 3.13. The maximum atomic E-state index is 11.8. The number of carbonyl (C=O) groups is 1. The minimum Gasteiger partial charge on any atom is -0.486 e. The van der Waals surface area contributed by atoms with E-state index in [4.69, 9.17) is 9.47 Å². The van der Waals surface area contributed by atoms with E-state index in [-0.39, 0.29) is 6.03 Å². The molecule has 2 heterocycles. The Balaban J connectivity index is 1.75. The van der Waals surface area contributed by atoms with E-state index >= 15 is 0 Å². The van der Waals surface area contributed by atoms with E-state index < -0.39 is 12.1 Å². The van der Waals surface area contributed by atoms with Gasteiger partial charge in [-0.2, -0.15) is 0 Å². The maximum absolute atomic E-state index is 11.8. The van der Waals surface area contributed by atoms with E-state index in [9.17, 15) is 9.90 Å². The molecule has 0 radical (unpaired) electrons. The molecule has 1 aromatic carbocycles. The lowest BCUT2D eigenvalue weighted by Crippen LogP contribution is -2.49. The van der Waals surface area contributed by atoms with Crippen LogP contribution in [0.5, 0.6) is 11.5 Å². The summed E-state index contributed by atoms with van der Waals surface area (Å²) in [5.41, 5.74) is 0.708. The number of nitrogens with one attached hydrogen (secondary N) is 2. The smallest absolute Gasteiger partial charge is 0.314 e. The number of fused-ring (bicyclic) bond motifs is 1. The van der Waals surface area contributed by atoms with Crippen molar-refractivity contribution >= 4 is 6.03 Å². The van der Waals surface area contributed by atoms with Crippen molar-refractivity contribution in [1.82, 2.24) is 15.5 Å². The summed E-state index contributed by atoms with van der Waals surface area (Å²) >= 11 is 0.